The molecule has 8 nitrogen and oxygen atoms in total. The van der Waals surface area contributed by atoms with Gasteiger partial charge >= 0.3 is 5.69 Å². The third-order valence-electron chi connectivity index (χ3n) is 4.21. The summed E-state index contributed by atoms with van der Waals surface area (Å²) >= 11 is 0. The topological polar surface area (TPSA) is 114 Å². The fourth-order valence-corrected chi connectivity index (χ4v) is 2.74. The summed E-state index contributed by atoms with van der Waals surface area (Å²) in [7, 11) is 1.30. The molecule has 0 unspecified atom stereocenters. The number of methoxy groups -OCH3 is 1. The van der Waals surface area contributed by atoms with Crippen LogP contribution in [0.2, 0.25) is 0 Å². The van der Waals surface area contributed by atoms with Gasteiger partial charge in [0.05, 0.1) is 12.0 Å². The molecule has 0 fully saturated rings. The van der Waals surface area contributed by atoms with Crippen LogP contribution < -0.4 is 15.6 Å². The summed E-state index contributed by atoms with van der Waals surface area (Å²) in [6, 6.07) is 15.0. The van der Waals surface area contributed by atoms with Gasteiger partial charge in [-0.2, -0.15) is 0 Å². The lowest BCUT2D eigenvalue weighted by molar-refractivity contribution is -0.385. The Labute approximate surface area is 159 Å². The quantitative estimate of drug-likeness (QED) is 0.520. The average Bonchev–Trinajstić information content (AvgIpc) is 2.69. The molecule has 0 spiro atoms. The van der Waals surface area contributed by atoms with E-state index in [-0.39, 0.29) is 17.0 Å². The van der Waals surface area contributed by atoms with Crippen LogP contribution in [-0.4, -0.2) is 22.9 Å². The van der Waals surface area contributed by atoms with Crippen LogP contribution in [0, 0.1) is 17.0 Å². The molecule has 28 heavy (non-hydrogen) atoms. The van der Waals surface area contributed by atoms with E-state index >= 15 is 0 Å². The largest absolute Gasteiger partial charge is 0.490 e. The van der Waals surface area contributed by atoms with E-state index in [1.807, 2.05) is 30.3 Å². The van der Waals surface area contributed by atoms with Gasteiger partial charge in [-0.25, -0.2) is 0 Å². The van der Waals surface area contributed by atoms with E-state index in [1.54, 1.807) is 13.0 Å². The van der Waals surface area contributed by atoms with Crippen LogP contribution >= 0.6 is 0 Å². The molecular weight excluding hydrogens is 362 g/mol. The number of rotatable bonds is 5. The van der Waals surface area contributed by atoms with Crippen LogP contribution in [0.25, 0.3) is 11.3 Å². The van der Waals surface area contributed by atoms with E-state index in [0.717, 1.165) is 5.56 Å². The van der Waals surface area contributed by atoms with E-state index in [2.05, 4.69) is 10.3 Å². The monoisotopic (exact) mass is 379 g/mol. The summed E-state index contributed by atoms with van der Waals surface area (Å²) < 4.78 is 5.02. The van der Waals surface area contributed by atoms with E-state index in [1.165, 1.54) is 25.3 Å². The highest BCUT2D eigenvalue weighted by molar-refractivity contribution is 6.04. The second-order valence-electron chi connectivity index (χ2n) is 6.03. The van der Waals surface area contributed by atoms with Crippen molar-refractivity contribution in [3.8, 4) is 17.0 Å². The van der Waals surface area contributed by atoms with Gasteiger partial charge in [-0.3, -0.25) is 19.7 Å². The molecule has 0 radical (unpaired) electrons. The number of ether oxygens (including phenoxy) is 1. The van der Waals surface area contributed by atoms with Gasteiger partial charge in [-0.05, 0) is 30.2 Å². The molecule has 1 heterocycles. The van der Waals surface area contributed by atoms with Crippen molar-refractivity contribution in [2.24, 2.45) is 0 Å². The average molecular weight is 379 g/mol. The van der Waals surface area contributed by atoms with Gasteiger partial charge in [0.15, 0.2) is 5.75 Å². The molecular formula is C20H17N3O5. The maximum atomic E-state index is 12.5. The van der Waals surface area contributed by atoms with Crippen molar-refractivity contribution in [3.63, 3.8) is 0 Å². The lowest BCUT2D eigenvalue weighted by Gasteiger charge is -2.11. The maximum Gasteiger partial charge on any atom is 0.311 e. The number of amides is 1. The molecule has 3 rings (SSSR count). The number of nitro benzene ring substituents is 1. The molecule has 0 atom stereocenters. The molecule has 1 aromatic heterocycles. The fourth-order valence-electron chi connectivity index (χ4n) is 2.74. The fraction of sp³-hybridized carbons (Fsp3) is 0.100. The highest BCUT2D eigenvalue weighted by Gasteiger charge is 2.19. The Morgan fingerprint density at radius 3 is 2.46 bits per heavy atom. The van der Waals surface area contributed by atoms with Gasteiger partial charge in [0.2, 0.25) is 0 Å². The third kappa shape index (κ3) is 3.75. The molecule has 2 aromatic carbocycles. The zero-order valence-electron chi connectivity index (χ0n) is 15.2. The number of aromatic amines is 1. The van der Waals surface area contributed by atoms with Crippen molar-refractivity contribution < 1.29 is 14.5 Å². The Balaban J connectivity index is 1.90. The molecule has 0 saturated carbocycles. The molecule has 0 bridgehead atoms. The van der Waals surface area contributed by atoms with E-state index in [4.69, 9.17) is 4.74 Å². The standard InChI is InChI=1S/C20H17N3O5/c1-12-10-17(23(26)27)18(28-2)11-16(12)22-20(25)14-8-9-15(21-19(14)24)13-6-4-3-5-7-13/h3-11H,1-2H3,(H,21,24)(H,22,25). The number of aryl methyl sites for hydroxylation is 1. The van der Waals surface area contributed by atoms with Crippen molar-refractivity contribution in [1.82, 2.24) is 4.98 Å². The molecule has 142 valence electrons. The normalized spacial score (nSPS) is 10.4. The van der Waals surface area contributed by atoms with Crippen LogP contribution in [-0.2, 0) is 0 Å². The van der Waals surface area contributed by atoms with Crippen LogP contribution in [0.1, 0.15) is 15.9 Å². The summed E-state index contributed by atoms with van der Waals surface area (Å²) in [4.78, 5) is 38.1. The van der Waals surface area contributed by atoms with Crippen molar-refractivity contribution in [2.45, 2.75) is 6.92 Å². The molecule has 1 amide bonds. The molecule has 0 aliphatic heterocycles. The molecule has 0 aliphatic rings. The minimum Gasteiger partial charge on any atom is -0.490 e. The van der Waals surface area contributed by atoms with Crippen molar-refractivity contribution in [3.05, 3.63) is 86.2 Å². The number of nitrogens with zero attached hydrogens (tertiary/aromatic N) is 1. The van der Waals surface area contributed by atoms with Gasteiger partial charge in [0.25, 0.3) is 11.5 Å². The number of carbonyl (C=O) groups excluding carboxylic acids is 1. The van der Waals surface area contributed by atoms with Gasteiger partial charge in [0.1, 0.15) is 5.56 Å². The minimum atomic E-state index is -0.625. The Kier molecular flexibility index (Phi) is 5.21. The lowest BCUT2D eigenvalue weighted by Crippen LogP contribution is -2.23. The molecule has 3 aromatic rings. The number of hydrogen-bond acceptors (Lipinski definition) is 5. The summed E-state index contributed by atoms with van der Waals surface area (Å²) in [5, 5.41) is 13.7. The molecule has 0 saturated heterocycles. The van der Waals surface area contributed by atoms with Gasteiger partial charge < -0.3 is 15.0 Å². The summed E-state index contributed by atoms with van der Waals surface area (Å²) in [6.45, 7) is 1.62. The Morgan fingerprint density at radius 2 is 1.86 bits per heavy atom. The highest BCUT2D eigenvalue weighted by Crippen LogP contribution is 2.32. The number of anilines is 1. The van der Waals surface area contributed by atoms with E-state index < -0.39 is 16.4 Å². The zero-order valence-corrected chi connectivity index (χ0v) is 15.2. The third-order valence-corrected chi connectivity index (χ3v) is 4.21. The highest BCUT2D eigenvalue weighted by atomic mass is 16.6. The Morgan fingerprint density at radius 1 is 1.14 bits per heavy atom. The number of H-pyrrole nitrogens is 1. The van der Waals surface area contributed by atoms with Crippen molar-refractivity contribution in [2.75, 3.05) is 12.4 Å². The van der Waals surface area contributed by atoms with Crippen molar-refractivity contribution >= 4 is 17.3 Å². The summed E-state index contributed by atoms with van der Waals surface area (Å²) in [5.74, 6) is -0.612. The van der Waals surface area contributed by atoms with Gasteiger partial charge in [-0.15, -0.1) is 0 Å². The number of benzene rings is 2. The van der Waals surface area contributed by atoms with Crippen LogP contribution in [0.3, 0.4) is 0 Å². The van der Waals surface area contributed by atoms with Crippen molar-refractivity contribution in [1.29, 1.82) is 0 Å². The molecule has 8 heteroatoms. The number of nitrogens with one attached hydrogen (secondary N) is 2. The number of pyridine rings is 1. The number of carbonyl (C=O) groups is 1. The predicted octanol–water partition coefficient (Wildman–Crippen LogP) is 3.52. The number of hydrogen-bond donors (Lipinski definition) is 2. The van der Waals surface area contributed by atoms with Crippen LogP contribution in [0.5, 0.6) is 5.75 Å². The van der Waals surface area contributed by atoms with Gasteiger partial charge in [0, 0.05) is 23.5 Å². The predicted molar refractivity (Wildman–Crippen MR) is 105 cm³/mol. The number of nitro groups is 1. The lowest BCUT2D eigenvalue weighted by atomic mass is 10.1. The minimum absolute atomic E-state index is 0.0132. The first-order valence-corrected chi connectivity index (χ1v) is 8.34. The first kappa shape index (κ1) is 18.8. The maximum absolute atomic E-state index is 12.5. The zero-order chi connectivity index (χ0) is 20.3. The van der Waals surface area contributed by atoms with Gasteiger partial charge in [-0.1, -0.05) is 30.3 Å². The smallest absolute Gasteiger partial charge is 0.311 e. The molecule has 2 N–H and O–H groups in total. The first-order chi connectivity index (χ1) is 13.4. The second kappa shape index (κ2) is 7.75. The van der Waals surface area contributed by atoms with Crippen LogP contribution in [0.15, 0.2) is 59.4 Å². The van der Waals surface area contributed by atoms with E-state index in [9.17, 15) is 19.7 Å². The number of aromatic nitrogens is 1. The SMILES string of the molecule is COc1cc(NC(=O)c2ccc(-c3ccccc3)[nH]c2=O)c(C)cc1[N+](=O)[O-]. The second-order valence-corrected chi connectivity index (χ2v) is 6.03. The summed E-state index contributed by atoms with van der Waals surface area (Å²) in [6.07, 6.45) is 0. The first-order valence-electron chi connectivity index (χ1n) is 8.34. The Hall–Kier alpha value is -3.94. The van der Waals surface area contributed by atoms with Crippen LogP contribution in [0.4, 0.5) is 11.4 Å². The van der Waals surface area contributed by atoms with E-state index in [0.29, 0.717) is 16.9 Å². The molecule has 0 aliphatic carbocycles. The summed E-state index contributed by atoms with van der Waals surface area (Å²) in [5.41, 5.74) is 1.39. The Bertz CT molecular complexity index is 1110.